The van der Waals surface area contributed by atoms with Crippen molar-refractivity contribution in [3.8, 4) is 0 Å². The molecule has 1 aliphatic rings. The maximum atomic E-state index is 12.3. The first-order valence-electron chi connectivity index (χ1n) is 6.36. The van der Waals surface area contributed by atoms with Crippen LogP contribution in [0.5, 0.6) is 0 Å². The van der Waals surface area contributed by atoms with Gasteiger partial charge in [-0.25, -0.2) is 13.1 Å². The first-order valence-corrected chi connectivity index (χ1v) is 8.64. The third kappa shape index (κ3) is 3.78. The Morgan fingerprint density at radius 1 is 1.42 bits per heavy atom. The van der Waals surface area contributed by atoms with Crippen molar-refractivity contribution < 1.29 is 8.42 Å². The van der Waals surface area contributed by atoms with Crippen LogP contribution >= 0.6 is 15.9 Å². The van der Waals surface area contributed by atoms with Gasteiger partial charge in [-0.3, -0.25) is 0 Å². The van der Waals surface area contributed by atoms with Gasteiger partial charge in [-0.05, 0) is 51.6 Å². The standard InChI is InChI=1S/C13H19BrN2O2S/c1-10-8-12(6-7-16(10)2)15-19(17,18)13-5-3-4-11(14)9-13/h3-5,9-10,12,15H,6-8H2,1-2H3. The zero-order valence-corrected chi connectivity index (χ0v) is 13.5. The maximum Gasteiger partial charge on any atom is 0.240 e. The molecule has 106 valence electrons. The molecule has 19 heavy (non-hydrogen) atoms. The third-order valence-corrected chi connectivity index (χ3v) is 5.65. The highest BCUT2D eigenvalue weighted by Crippen LogP contribution is 2.20. The van der Waals surface area contributed by atoms with Gasteiger partial charge >= 0.3 is 0 Å². The van der Waals surface area contributed by atoms with Gasteiger partial charge in [-0.15, -0.1) is 0 Å². The lowest BCUT2D eigenvalue weighted by molar-refractivity contribution is 0.178. The number of sulfonamides is 1. The van der Waals surface area contributed by atoms with Crippen molar-refractivity contribution in [1.82, 2.24) is 9.62 Å². The van der Waals surface area contributed by atoms with Crippen LogP contribution in [-0.2, 0) is 10.0 Å². The van der Waals surface area contributed by atoms with E-state index in [1.165, 1.54) is 0 Å². The van der Waals surface area contributed by atoms with Gasteiger partial charge in [0, 0.05) is 16.6 Å². The number of likely N-dealkylation sites (tertiary alicyclic amines) is 1. The van der Waals surface area contributed by atoms with E-state index in [4.69, 9.17) is 0 Å². The van der Waals surface area contributed by atoms with E-state index in [1.807, 2.05) is 6.07 Å². The van der Waals surface area contributed by atoms with E-state index in [2.05, 4.69) is 39.5 Å². The molecule has 1 fully saturated rings. The van der Waals surface area contributed by atoms with Gasteiger partial charge < -0.3 is 4.90 Å². The summed E-state index contributed by atoms with van der Waals surface area (Å²) in [6.45, 7) is 3.05. The number of hydrogen-bond acceptors (Lipinski definition) is 3. The fourth-order valence-corrected chi connectivity index (χ4v) is 4.20. The molecule has 1 aliphatic heterocycles. The van der Waals surface area contributed by atoms with E-state index in [0.717, 1.165) is 23.9 Å². The van der Waals surface area contributed by atoms with Crippen LogP contribution in [0.4, 0.5) is 0 Å². The molecule has 1 aromatic carbocycles. The lowest BCUT2D eigenvalue weighted by Crippen LogP contribution is -2.47. The molecule has 1 N–H and O–H groups in total. The fourth-order valence-electron chi connectivity index (χ4n) is 2.32. The van der Waals surface area contributed by atoms with Crippen molar-refractivity contribution in [2.75, 3.05) is 13.6 Å². The highest BCUT2D eigenvalue weighted by atomic mass is 79.9. The van der Waals surface area contributed by atoms with Crippen LogP contribution in [0.2, 0.25) is 0 Å². The van der Waals surface area contributed by atoms with Crippen molar-refractivity contribution in [2.45, 2.75) is 36.7 Å². The Balaban J connectivity index is 2.10. The molecule has 6 heteroatoms. The summed E-state index contributed by atoms with van der Waals surface area (Å²) in [4.78, 5) is 2.57. The van der Waals surface area contributed by atoms with E-state index in [1.54, 1.807) is 18.2 Å². The first kappa shape index (κ1) is 15.0. The summed E-state index contributed by atoms with van der Waals surface area (Å²) in [6, 6.07) is 7.22. The molecular weight excluding hydrogens is 328 g/mol. The van der Waals surface area contributed by atoms with Gasteiger partial charge in [0.15, 0.2) is 0 Å². The van der Waals surface area contributed by atoms with Gasteiger partial charge in [0.25, 0.3) is 0 Å². The number of piperidine rings is 1. The minimum Gasteiger partial charge on any atom is -0.304 e. The van der Waals surface area contributed by atoms with E-state index < -0.39 is 10.0 Å². The number of benzene rings is 1. The van der Waals surface area contributed by atoms with Gasteiger partial charge in [0.1, 0.15) is 0 Å². The minimum absolute atomic E-state index is 0.0233. The van der Waals surface area contributed by atoms with Crippen molar-refractivity contribution in [2.24, 2.45) is 0 Å². The summed E-state index contributed by atoms with van der Waals surface area (Å²) in [5, 5.41) is 0. The van der Waals surface area contributed by atoms with Crippen LogP contribution in [0.3, 0.4) is 0 Å². The predicted molar refractivity (Wildman–Crippen MR) is 79.6 cm³/mol. The van der Waals surface area contributed by atoms with Crippen LogP contribution in [0, 0.1) is 0 Å². The Hall–Kier alpha value is -0.430. The predicted octanol–water partition coefficient (Wildman–Crippen LogP) is 2.21. The van der Waals surface area contributed by atoms with Gasteiger partial charge in [-0.1, -0.05) is 22.0 Å². The number of rotatable bonds is 3. The topological polar surface area (TPSA) is 49.4 Å². The molecule has 2 rings (SSSR count). The fraction of sp³-hybridized carbons (Fsp3) is 0.538. The summed E-state index contributed by atoms with van der Waals surface area (Å²) < 4.78 is 28.2. The van der Waals surface area contributed by atoms with Gasteiger partial charge in [0.2, 0.25) is 10.0 Å². The third-order valence-electron chi connectivity index (χ3n) is 3.64. The minimum atomic E-state index is -3.42. The van der Waals surface area contributed by atoms with Crippen LogP contribution in [-0.4, -0.2) is 39.0 Å². The number of nitrogens with one attached hydrogen (secondary N) is 1. The molecule has 0 aliphatic carbocycles. The molecule has 2 atom stereocenters. The second kappa shape index (κ2) is 5.91. The molecule has 4 nitrogen and oxygen atoms in total. The molecule has 1 aromatic rings. The highest BCUT2D eigenvalue weighted by Gasteiger charge is 2.27. The van der Waals surface area contributed by atoms with Crippen LogP contribution < -0.4 is 4.72 Å². The zero-order valence-electron chi connectivity index (χ0n) is 11.1. The van der Waals surface area contributed by atoms with Crippen molar-refractivity contribution >= 4 is 26.0 Å². The van der Waals surface area contributed by atoms with Crippen LogP contribution in [0.1, 0.15) is 19.8 Å². The molecule has 0 spiro atoms. The second-order valence-corrected chi connectivity index (χ2v) is 7.76. The Kier molecular flexibility index (Phi) is 4.66. The Morgan fingerprint density at radius 3 is 2.79 bits per heavy atom. The van der Waals surface area contributed by atoms with Crippen LogP contribution in [0.15, 0.2) is 33.6 Å². The van der Waals surface area contributed by atoms with Crippen molar-refractivity contribution in [1.29, 1.82) is 0 Å². The summed E-state index contributed by atoms with van der Waals surface area (Å²) in [6.07, 6.45) is 1.71. The van der Waals surface area contributed by atoms with Crippen molar-refractivity contribution in [3.63, 3.8) is 0 Å². The molecule has 0 saturated carbocycles. The Morgan fingerprint density at radius 2 is 2.16 bits per heavy atom. The molecule has 0 radical (unpaired) electrons. The summed E-state index contributed by atoms with van der Waals surface area (Å²) in [7, 11) is -1.35. The molecule has 0 amide bonds. The SMILES string of the molecule is CC1CC(NS(=O)(=O)c2cccc(Br)c2)CCN1C. The number of nitrogens with zero attached hydrogens (tertiary/aromatic N) is 1. The summed E-state index contributed by atoms with van der Waals surface area (Å²) >= 11 is 3.30. The average molecular weight is 347 g/mol. The van der Waals surface area contributed by atoms with E-state index in [0.29, 0.717) is 10.9 Å². The number of hydrogen-bond donors (Lipinski definition) is 1. The molecular formula is C13H19BrN2O2S. The lowest BCUT2D eigenvalue weighted by Gasteiger charge is -2.35. The largest absolute Gasteiger partial charge is 0.304 e. The number of halogens is 1. The lowest BCUT2D eigenvalue weighted by atomic mass is 10.0. The second-order valence-electron chi connectivity index (χ2n) is 5.13. The monoisotopic (exact) mass is 346 g/mol. The zero-order chi connectivity index (χ0) is 14.0. The molecule has 1 saturated heterocycles. The molecule has 1 heterocycles. The maximum absolute atomic E-state index is 12.3. The summed E-state index contributed by atoms with van der Waals surface area (Å²) in [5.41, 5.74) is 0. The smallest absolute Gasteiger partial charge is 0.240 e. The molecule has 0 bridgehead atoms. The van der Waals surface area contributed by atoms with Gasteiger partial charge in [0.05, 0.1) is 4.90 Å². The van der Waals surface area contributed by atoms with E-state index >= 15 is 0 Å². The Bertz CT molecular complexity index is 547. The normalized spacial score (nSPS) is 25.4. The van der Waals surface area contributed by atoms with E-state index in [9.17, 15) is 8.42 Å². The van der Waals surface area contributed by atoms with Crippen LogP contribution in [0.25, 0.3) is 0 Å². The Labute approximate surface area is 123 Å². The average Bonchev–Trinajstić information content (AvgIpc) is 2.33. The molecule has 0 aromatic heterocycles. The van der Waals surface area contributed by atoms with Gasteiger partial charge in [-0.2, -0.15) is 0 Å². The van der Waals surface area contributed by atoms with Crippen molar-refractivity contribution in [3.05, 3.63) is 28.7 Å². The first-order chi connectivity index (χ1) is 8.88. The molecule has 2 unspecified atom stereocenters. The van der Waals surface area contributed by atoms with E-state index in [-0.39, 0.29) is 6.04 Å². The quantitative estimate of drug-likeness (QED) is 0.912. The summed E-state index contributed by atoms with van der Waals surface area (Å²) in [5.74, 6) is 0. The highest BCUT2D eigenvalue weighted by molar-refractivity contribution is 9.10.